The molecule has 0 amide bonds. The molecule has 0 bridgehead atoms. The zero-order valence-electron chi connectivity index (χ0n) is 24.9. The van der Waals surface area contributed by atoms with Crippen LogP contribution in [0.4, 0.5) is 0 Å². The zero-order chi connectivity index (χ0) is 32.2. The van der Waals surface area contributed by atoms with Crippen LogP contribution < -0.4 is 0 Å². The van der Waals surface area contributed by atoms with Crippen molar-refractivity contribution in [3.05, 3.63) is 119 Å². The topological polar surface area (TPSA) is 151 Å². The first kappa shape index (κ1) is 33.1. The lowest BCUT2D eigenvalue weighted by molar-refractivity contribution is -0.139. The first-order chi connectivity index (χ1) is 21.8. The molecule has 1 fully saturated rings. The number of carbonyl (C=O) groups is 3. The third kappa shape index (κ3) is 8.63. The van der Waals surface area contributed by atoms with Crippen LogP contribution >= 0.6 is 0 Å². The average molecular weight is 618 g/mol. The highest BCUT2D eigenvalue weighted by molar-refractivity contribution is 6.48. The molecule has 0 unspecified atom stereocenters. The van der Waals surface area contributed by atoms with Crippen molar-refractivity contribution in [1.82, 2.24) is 0 Å². The quantitative estimate of drug-likeness (QED) is 0.0879. The van der Waals surface area contributed by atoms with Gasteiger partial charge in [-0.15, -0.1) is 0 Å². The lowest BCUT2D eigenvalue weighted by Crippen LogP contribution is -2.40. The van der Waals surface area contributed by atoms with Gasteiger partial charge in [-0.1, -0.05) is 78.9 Å². The van der Waals surface area contributed by atoms with Crippen molar-refractivity contribution in [2.24, 2.45) is 0 Å². The van der Waals surface area contributed by atoms with E-state index in [0.717, 1.165) is 18.2 Å². The summed E-state index contributed by atoms with van der Waals surface area (Å²) < 4.78 is 34.0. The fourth-order valence-corrected chi connectivity index (χ4v) is 4.70. The number of hydrogen-bond donors (Lipinski definition) is 2. The number of methoxy groups -OCH3 is 1. The molecule has 0 spiro atoms. The van der Waals surface area contributed by atoms with Gasteiger partial charge in [0.05, 0.1) is 32.5 Å². The molecule has 0 radical (unpaired) electrons. The number of nitrogens with one attached hydrogen (secondary N) is 1. The number of benzene rings is 3. The normalized spacial score (nSPS) is 19.7. The van der Waals surface area contributed by atoms with Gasteiger partial charge in [0, 0.05) is 0 Å². The molecule has 11 heteroatoms. The van der Waals surface area contributed by atoms with E-state index in [4.69, 9.17) is 29.1 Å². The number of aliphatic hydroxyl groups is 1. The van der Waals surface area contributed by atoms with Crippen molar-refractivity contribution < 1.29 is 47.9 Å². The highest BCUT2D eigenvalue weighted by atomic mass is 16.6. The van der Waals surface area contributed by atoms with Gasteiger partial charge in [-0.25, -0.2) is 14.4 Å². The van der Waals surface area contributed by atoms with Crippen LogP contribution in [0.25, 0.3) is 0 Å². The maximum absolute atomic E-state index is 12.9. The minimum atomic E-state index is -1.43. The molecule has 3 aromatic rings. The highest BCUT2D eigenvalue weighted by Gasteiger charge is 2.50. The Morgan fingerprint density at radius 1 is 0.778 bits per heavy atom. The van der Waals surface area contributed by atoms with Gasteiger partial charge in [-0.2, -0.15) is 0 Å². The first-order valence-electron chi connectivity index (χ1n) is 14.3. The van der Waals surface area contributed by atoms with Gasteiger partial charge in [-0.3, -0.25) is 5.41 Å². The highest BCUT2D eigenvalue weighted by Crippen LogP contribution is 2.33. The fourth-order valence-electron chi connectivity index (χ4n) is 4.70. The number of hydrogen-bond acceptors (Lipinski definition) is 11. The Labute approximate surface area is 260 Å². The van der Waals surface area contributed by atoms with Crippen molar-refractivity contribution >= 4 is 23.6 Å². The monoisotopic (exact) mass is 617 g/mol. The van der Waals surface area contributed by atoms with Gasteiger partial charge in [-0.05, 0) is 30.2 Å². The number of carbonyl (C=O) groups excluding carboxylic acids is 3. The maximum atomic E-state index is 12.9. The Morgan fingerprint density at radius 3 is 1.84 bits per heavy atom. The van der Waals surface area contributed by atoms with Gasteiger partial charge in [0.25, 0.3) is 0 Å². The van der Waals surface area contributed by atoms with E-state index in [9.17, 15) is 19.5 Å². The van der Waals surface area contributed by atoms with Crippen LogP contribution in [-0.4, -0.2) is 73.5 Å². The van der Waals surface area contributed by atoms with Crippen molar-refractivity contribution in [3.63, 3.8) is 0 Å². The predicted molar refractivity (Wildman–Crippen MR) is 161 cm³/mol. The lowest BCUT2D eigenvalue weighted by atomic mass is 10.0. The molecule has 1 heterocycles. The SMILES string of the molecule is CCOC(=O)/C(C(=N)C(=O)OC)=C(\O)[C@@H]1O[C@H](COC(=O)c2ccccc2)[C@@H](OCc2ccccc2)[C@H]1OCc1ccccc1. The molecule has 1 saturated heterocycles. The van der Waals surface area contributed by atoms with Crippen molar-refractivity contribution in [2.75, 3.05) is 20.3 Å². The Morgan fingerprint density at radius 2 is 1.31 bits per heavy atom. The maximum Gasteiger partial charge on any atom is 0.356 e. The smallest absolute Gasteiger partial charge is 0.356 e. The van der Waals surface area contributed by atoms with Gasteiger partial charge in [0.15, 0.2) is 5.71 Å². The van der Waals surface area contributed by atoms with Crippen LogP contribution in [0.2, 0.25) is 0 Å². The summed E-state index contributed by atoms with van der Waals surface area (Å²) in [7, 11) is 1.04. The molecule has 45 heavy (non-hydrogen) atoms. The molecule has 2 N–H and O–H groups in total. The average Bonchev–Trinajstić information content (AvgIpc) is 3.43. The molecule has 3 aromatic carbocycles. The summed E-state index contributed by atoms with van der Waals surface area (Å²) in [5.41, 5.74) is 0.283. The van der Waals surface area contributed by atoms with E-state index in [1.807, 2.05) is 60.7 Å². The van der Waals surface area contributed by atoms with Crippen molar-refractivity contribution in [1.29, 1.82) is 5.41 Å². The molecule has 0 saturated carbocycles. The summed E-state index contributed by atoms with van der Waals surface area (Å²) in [6.45, 7) is 1.32. The minimum Gasteiger partial charge on any atom is -0.508 e. The first-order valence-corrected chi connectivity index (χ1v) is 14.3. The largest absolute Gasteiger partial charge is 0.508 e. The van der Waals surface area contributed by atoms with Crippen LogP contribution in [0, 0.1) is 5.41 Å². The Kier molecular flexibility index (Phi) is 12.0. The lowest BCUT2D eigenvalue weighted by Gasteiger charge is -2.25. The molecule has 4 atom stereocenters. The fraction of sp³-hybridized carbons (Fsp3) is 0.294. The van der Waals surface area contributed by atoms with E-state index >= 15 is 0 Å². The second kappa shape index (κ2) is 16.3. The van der Waals surface area contributed by atoms with Gasteiger partial charge < -0.3 is 33.5 Å². The Balaban J connectivity index is 1.72. The van der Waals surface area contributed by atoms with Gasteiger partial charge >= 0.3 is 17.9 Å². The minimum absolute atomic E-state index is 0.0591. The second-order valence-electron chi connectivity index (χ2n) is 9.93. The predicted octanol–water partition coefficient (Wildman–Crippen LogP) is 4.35. The summed E-state index contributed by atoms with van der Waals surface area (Å²) in [6, 6.07) is 26.9. The molecular formula is C34H35NO10. The molecule has 11 nitrogen and oxygen atoms in total. The molecule has 0 aliphatic carbocycles. The van der Waals surface area contributed by atoms with E-state index in [0.29, 0.717) is 5.56 Å². The summed E-state index contributed by atoms with van der Waals surface area (Å²) in [4.78, 5) is 38.1. The van der Waals surface area contributed by atoms with Crippen LogP contribution in [0.5, 0.6) is 0 Å². The summed E-state index contributed by atoms with van der Waals surface area (Å²) >= 11 is 0. The number of aliphatic hydroxyl groups excluding tert-OH is 1. The van der Waals surface area contributed by atoms with E-state index in [2.05, 4.69) is 4.74 Å². The summed E-state index contributed by atoms with van der Waals surface area (Å²) in [5, 5.41) is 19.8. The van der Waals surface area contributed by atoms with E-state index < -0.39 is 59.4 Å². The van der Waals surface area contributed by atoms with Crippen molar-refractivity contribution in [2.45, 2.75) is 44.6 Å². The standard InChI is InChI=1S/C34H35NO10/c1-3-41-33(38)26(27(35)34(39)40-2)28(36)30-31(43-20-23-15-9-5-10-16-23)29(42-19-22-13-7-4-8-14-22)25(45-30)21-44-32(37)24-17-11-6-12-18-24/h4-18,25,29-31,35-36H,3,19-21H2,1-2H3/b28-26-,35-27?/t25-,29-,30+,31-/m1/s1. The Hall–Kier alpha value is -4.84. The third-order valence-corrected chi connectivity index (χ3v) is 6.91. The zero-order valence-corrected chi connectivity index (χ0v) is 24.9. The van der Waals surface area contributed by atoms with Crippen LogP contribution in [0.3, 0.4) is 0 Å². The van der Waals surface area contributed by atoms with E-state index in [1.54, 1.807) is 30.3 Å². The third-order valence-electron chi connectivity index (χ3n) is 6.91. The van der Waals surface area contributed by atoms with Crippen LogP contribution in [0.15, 0.2) is 102 Å². The van der Waals surface area contributed by atoms with Crippen LogP contribution in [-0.2, 0) is 51.2 Å². The molecule has 236 valence electrons. The van der Waals surface area contributed by atoms with Gasteiger partial charge in [0.1, 0.15) is 42.4 Å². The molecule has 1 aliphatic rings. The number of rotatable bonds is 14. The summed E-state index contributed by atoms with van der Waals surface area (Å²) in [6.07, 6.45) is -4.46. The van der Waals surface area contributed by atoms with E-state index in [-0.39, 0.29) is 26.4 Å². The molecule has 0 aromatic heterocycles. The number of esters is 3. The Bertz CT molecular complexity index is 1480. The van der Waals surface area contributed by atoms with Gasteiger partial charge in [0.2, 0.25) is 0 Å². The second-order valence-corrected chi connectivity index (χ2v) is 9.93. The van der Waals surface area contributed by atoms with Crippen molar-refractivity contribution in [3.8, 4) is 0 Å². The molecular weight excluding hydrogens is 582 g/mol. The molecule has 4 rings (SSSR count). The van der Waals surface area contributed by atoms with E-state index in [1.165, 1.54) is 6.92 Å². The number of ether oxygens (including phenoxy) is 6. The van der Waals surface area contributed by atoms with Crippen LogP contribution in [0.1, 0.15) is 28.4 Å². The molecule has 1 aliphatic heterocycles. The summed E-state index contributed by atoms with van der Waals surface area (Å²) in [5.74, 6) is -3.69.